The van der Waals surface area contributed by atoms with Crippen LogP contribution in [0, 0.1) is 12.3 Å². The second-order valence-electron chi connectivity index (χ2n) is 7.35. The van der Waals surface area contributed by atoms with Gasteiger partial charge in [0.2, 0.25) is 5.17 Å². The normalized spacial score (nSPS) is 16.7. The number of para-hydroxylation sites is 1. The number of fused-ring (bicyclic) bond motifs is 1. The summed E-state index contributed by atoms with van der Waals surface area (Å²) in [4.78, 5) is 16.9. The molecule has 1 amide bonds. The van der Waals surface area contributed by atoms with E-state index in [-0.39, 0.29) is 18.0 Å². The Bertz CT molecular complexity index is 1360. The first-order chi connectivity index (χ1) is 16.0. The fourth-order valence-electron chi connectivity index (χ4n) is 3.44. The summed E-state index contributed by atoms with van der Waals surface area (Å²) < 4.78 is 7.77. The molecule has 2 aliphatic rings. The van der Waals surface area contributed by atoms with Crippen LogP contribution in [0.4, 0.5) is 0 Å². The van der Waals surface area contributed by atoms with Gasteiger partial charge in [0.1, 0.15) is 17.4 Å². The quantitative estimate of drug-likeness (QED) is 0.518. The van der Waals surface area contributed by atoms with Crippen LogP contribution in [-0.4, -0.2) is 38.1 Å². The van der Waals surface area contributed by atoms with E-state index >= 15 is 0 Å². The SMILES string of the molecule is Cc1ccccc1OCC1=NN2C(=N)/C(=C\c3cccn3-c3ccc(Cl)cc3)C(=O)N=C2S1. The van der Waals surface area contributed by atoms with Crippen molar-refractivity contribution in [2.24, 2.45) is 10.1 Å². The van der Waals surface area contributed by atoms with Gasteiger partial charge in [0.15, 0.2) is 5.84 Å². The van der Waals surface area contributed by atoms with Gasteiger partial charge in [0, 0.05) is 22.6 Å². The third-order valence-electron chi connectivity index (χ3n) is 5.12. The van der Waals surface area contributed by atoms with E-state index < -0.39 is 5.91 Å². The number of carbonyl (C=O) groups excluding carboxylic acids is 1. The Hall–Kier alpha value is -3.62. The summed E-state index contributed by atoms with van der Waals surface area (Å²) in [6, 6.07) is 18.8. The minimum atomic E-state index is -0.473. The molecule has 0 spiro atoms. The van der Waals surface area contributed by atoms with Crippen LogP contribution in [0.25, 0.3) is 11.8 Å². The van der Waals surface area contributed by atoms with Crippen LogP contribution in [0.15, 0.2) is 82.5 Å². The number of aromatic nitrogens is 1. The monoisotopic (exact) mass is 475 g/mol. The highest BCUT2D eigenvalue weighted by Crippen LogP contribution is 2.29. The summed E-state index contributed by atoms with van der Waals surface area (Å²) >= 11 is 7.23. The molecule has 1 N–H and O–H groups in total. The summed E-state index contributed by atoms with van der Waals surface area (Å²) in [5.74, 6) is 0.272. The molecule has 0 aliphatic carbocycles. The van der Waals surface area contributed by atoms with Crippen molar-refractivity contribution < 1.29 is 9.53 Å². The molecule has 33 heavy (non-hydrogen) atoms. The lowest BCUT2D eigenvalue weighted by Gasteiger charge is -2.20. The number of ether oxygens (including phenoxy) is 1. The molecule has 7 nitrogen and oxygen atoms in total. The van der Waals surface area contributed by atoms with E-state index in [9.17, 15) is 4.79 Å². The number of benzene rings is 2. The van der Waals surface area contributed by atoms with Gasteiger partial charge < -0.3 is 9.30 Å². The largest absolute Gasteiger partial charge is 0.486 e. The van der Waals surface area contributed by atoms with Crippen molar-refractivity contribution in [3.63, 3.8) is 0 Å². The van der Waals surface area contributed by atoms with Gasteiger partial charge in [-0.05, 0) is 72.8 Å². The molecule has 9 heteroatoms. The number of aliphatic imine (C=N–C) groups is 1. The molecule has 3 heterocycles. The van der Waals surface area contributed by atoms with E-state index in [1.165, 1.54) is 16.8 Å². The van der Waals surface area contributed by atoms with E-state index in [0.717, 1.165) is 22.7 Å². The highest BCUT2D eigenvalue weighted by atomic mass is 35.5. The van der Waals surface area contributed by atoms with Gasteiger partial charge in [0.25, 0.3) is 5.91 Å². The second-order valence-corrected chi connectivity index (χ2v) is 8.82. The Kier molecular flexibility index (Phi) is 5.62. The summed E-state index contributed by atoms with van der Waals surface area (Å²) in [5, 5.41) is 16.1. The smallest absolute Gasteiger partial charge is 0.283 e. The molecule has 2 aromatic carbocycles. The molecular weight excluding hydrogens is 458 g/mol. The molecule has 0 radical (unpaired) electrons. The lowest BCUT2D eigenvalue weighted by Crippen LogP contribution is -2.35. The Morgan fingerprint density at radius 1 is 1.12 bits per heavy atom. The molecule has 5 rings (SSSR count). The van der Waals surface area contributed by atoms with Gasteiger partial charge in [-0.15, -0.1) is 0 Å². The number of amidine groups is 2. The summed E-state index contributed by atoms with van der Waals surface area (Å²) in [7, 11) is 0. The van der Waals surface area contributed by atoms with Crippen molar-refractivity contribution >= 4 is 51.4 Å². The van der Waals surface area contributed by atoms with Gasteiger partial charge >= 0.3 is 0 Å². The molecule has 2 aliphatic heterocycles. The van der Waals surface area contributed by atoms with E-state index in [1.807, 2.05) is 66.2 Å². The molecule has 0 unspecified atom stereocenters. The van der Waals surface area contributed by atoms with Gasteiger partial charge in [0.05, 0.1) is 5.57 Å². The number of amides is 1. The zero-order chi connectivity index (χ0) is 22.9. The number of halogens is 1. The fourth-order valence-corrected chi connectivity index (χ4v) is 4.37. The molecule has 1 aromatic heterocycles. The molecular formula is C24H18ClN5O2S. The highest BCUT2D eigenvalue weighted by Gasteiger charge is 2.36. The van der Waals surface area contributed by atoms with Gasteiger partial charge in [-0.3, -0.25) is 10.2 Å². The van der Waals surface area contributed by atoms with Crippen molar-refractivity contribution in [1.82, 2.24) is 9.58 Å². The van der Waals surface area contributed by atoms with E-state index in [0.29, 0.717) is 15.2 Å². The summed E-state index contributed by atoms with van der Waals surface area (Å²) in [5.41, 5.74) is 2.81. The fraction of sp³-hybridized carbons (Fsp3) is 0.0833. The third kappa shape index (κ3) is 4.22. The average molecular weight is 476 g/mol. The number of carbonyl (C=O) groups is 1. The number of nitrogens with one attached hydrogen (secondary N) is 1. The first-order valence-electron chi connectivity index (χ1n) is 10.1. The second kappa shape index (κ2) is 8.73. The van der Waals surface area contributed by atoms with E-state index in [1.54, 1.807) is 18.2 Å². The number of hydrogen-bond donors (Lipinski definition) is 1. The Morgan fingerprint density at radius 2 is 1.91 bits per heavy atom. The molecule has 0 atom stereocenters. The number of rotatable bonds is 5. The highest BCUT2D eigenvalue weighted by molar-refractivity contribution is 8.27. The predicted octanol–water partition coefficient (Wildman–Crippen LogP) is 5.14. The summed E-state index contributed by atoms with van der Waals surface area (Å²) in [6.45, 7) is 2.20. The Morgan fingerprint density at radius 3 is 2.70 bits per heavy atom. The van der Waals surface area contributed by atoms with Crippen LogP contribution in [0.1, 0.15) is 11.3 Å². The third-order valence-corrected chi connectivity index (χ3v) is 6.25. The number of hydrazone groups is 1. The van der Waals surface area contributed by atoms with Crippen molar-refractivity contribution in [3.8, 4) is 11.4 Å². The summed E-state index contributed by atoms with van der Waals surface area (Å²) in [6.07, 6.45) is 3.54. The number of nitrogens with zero attached hydrogens (tertiary/aromatic N) is 4. The number of hydrogen-bond acceptors (Lipinski definition) is 5. The van der Waals surface area contributed by atoms with Crippen LogP contribution < -0.4 is 4.74 Å². The zero-order valence-corrected chi connectivity index (χ0v) is 19.1. The number of thioether (sulfide) groups is 1. The standard InChI is InChI=1S/C24H18ClN5O2S/c1-15-5-2-3-7-20(15)32-14-21-28-30-22(26)19(23(31)27-24(30)33-21)13-18-6-4-12-29(18)17-10-8-16(25)9-11-17/h2-13,26H,14H2,1H3/b19-13+,26-22?. The van der Waals surface area contributed by atoms with Gasteiger partial charge in [-0.25, -0.2) is 0 Å². The van der Waals surface area contributed by atoms with Crippen molar-refractivity contribution in [2.45, 2.75) is 6.92 Å². The topological polar surface area (TPSA) is 83.0 Å². The maximum absolute atomic E-state index is 12.8. The Labute approximate surface area is 199 Å². The van der Waals surface area contributed by atoms with Crippen LogP contribution in [0.3, 0.4) is 0 Å². The maximum Gasteiger partial charge on any atom is 0.283 e. The van der Waals surface area contributed by atoms with Gasteiger partial charge in [-0.2, -0.15) is 15.1 Å². The molecule has 3 aromatic rings. The average Bonchev–Trinajstić information content (AvgIpc) is 3.43. The van der Waals surface area contributed by atoms with Gasteiger partial charge in [-0.1, -0.05) is 29.8 Å². The van der Waals surface area contributed by atoms with Crippen LogP contribution in [0.2, 0.25) is 5.02 Å². The molecule has 0 bridgehead atoms. The minimum absolute atomic E-state index is 0.0211. The molecule has 164 valence electrons. The van der Waals surface area contributed by atoms with E-state index in [4.69, 9.17) is 21.7 Å². The minimum Gasteiger partial charge on any atom is -0.486 e. The van der Waals surface area contributed by atoms with Crippen LogP contribution in [-0.2, 0) is 4.79 Å². The maximum atomic E-state index is 12.8. The lowest BCUT2D eigenvalue weighted by molar-refractivity contribution is -0.114. The van der Waals surface area contributed by atoms with Crippen molar-refractivity contribution in [3.05, 3.63) is 88.7 Å². The van der Waals surface area contributed by atoms with Crippen LogP contribution in [0.5, 0.6) is 5.75 Å². The van der Waals surface area contributed by atoms with Crippen molar-refractivity contribution in [1.29, 1.82) is 5.41 Å². The molecule has 0 fully saturated rings. The van der Waals surface area contributed by atoms with Crippen molar-refractivity contribution in [2.75, 3.05) is 6.61 Å². The van der Waals surface area contributed by atoms with E-state index in [2.05, 4.69) is 10.1 Å². The molecule has 0 saturated carbocycles. The number of aryl methyl sites for hydroxylation is 1. The van der Waals surface area contributed by atoms with Crippen LogP contribution >= 0.6 is 23.4 Å². The predicted molar refractivity (Wildman–Crippen MR) is 132 cm³/mol. The first-order valence-corrected chi connectivity index (χ1v) is 11.3. The Balaban J connectivity index is 1.38. The lowest BCUT2D eigenvalue weighted by atomic mass is 10.1. The first kappa shape index (κ1) is 21.2. The zero-order valence-electron chi connectivity index (χ0n) is 17.5. The molecule has 0 saturated heterocycles.